The zero-order valence-corrected chi connectivity index (χ0v) is 64.8. The van der Waals surface area contributed by atoms with Crippen molar-refractivity contribution in [1.82, 2.24) is 0 Å². The molecule has 0 saturated carbocycles. The zero-order valence-electron chi connectivity index (χ0n) is 63.0. The minimum Gasteiger partial charge on any atom is -0.462 e. The molecule has 0 fully saturated rings. The van der Waals surface area contributed by atoms with Gasteiger partial charge in [0.25, 0.3) is 0 Å². The Morgan fingerprint density at radius 3 is 0.646 bits per heavy atom. The van der Waals surface area contributed by atoms with E-state index < -0.39 is 97.5 Å². The van der Waals surface area contributed by atoms with Gasteiger partial charge in [-0.3, -0.25) is 37.3 Å². The molecule has 0 aromatic heterocycles. The van der Waals surface area contributed by atoms with Crippen LogP contribution in [0.15, 0.2) is 0 Å². The molecule has 0 heterocycles. The smallest absolute Gasteiger partial charge is 0.462 e. The molecule has 3 N–H and O–H groups in total. The number of aliphatic hydroxyl groups excluding tert-OH is 1. The van der Waals surface area contributed by atoms with Crippen molar-refractivity contribution in [1.29, 1.82) is 0 Å². The van der Waals surface area contributed by atoms with Crippen LogP contribution in [-0.4, -0.2) is 96.7 Å². The van der Waals surface area contributed by atoms with Crippen molar-refractivity contribution in [2.24, 2.45) is 23.7 Å². The highest BCUT2D eigenvalue weighted by Gasteiger charge is 2.30. The summed E-state index contributed by atoms with van der Waals surface area (Å²) in [5.74, 6) is 0.903. The highest BCUT2D eigenvalue weighted by molar-refractivity contribution is 7.47. The summed E-state index contributed by atoms with van der Waals surface area (Å²) in [5, 5.41) is 10.6. The number of ether oxygens (including phenoxy) is 4. The minimum atomic E-state index is -4.96. The molecule has 0 aliphatic heterocycles. The van der Waals surface area contributed by atoms with Gasteiger partial charge in [-0.05, 0) is 49.4 Å². The number of phosphoric acid groups is 2. The molecular weight excluding hydrogens is 1260 g/mol. The Morgan fingerprint density at radius 2 is 0.438 bits per heavy atom. The van der Waals surface area contributed by atoms with E-state index in [1.807, 2.05) is 0 Å². The van der Waals surface area contributed by atoms with E-state index in [0.717, 1.165) is 114 Å². The summed E-state index contributed by atoms with van der Waals surface area (Å²) in [6.45, 7) is 14.2. The van der Waals surface area contributed by atoms with Crippen molar-refractivity contribution in [2.45, 2.75) is 408 Å². The number of rotatable bonds is 74. The quantitative estimate of drug-likeness (QED) is 0.0222. The maximum Gasteiger partial charge on any atom is 0.472 e. The van der Waals surface area contributed by atoms with Crippen molar-refractivity contribution in [3.05, 3.63) is 0 Å². The Kier molecular flexibility index (Phi) is 65.0. The van der Waals surface area contributed by atoms with E-state index in [1.165, 1.54) is 193 Å². The number of unbranched alkanes of at least 4 members (excludes halogenated alkanes) is 40. The zero-order chi connectivity index (χ0) is 71.0. The second-order valence-electron chi connectivity index (χ2n) is 29.7. The van der Waals surface area contributed by atoms with Gasteiger partial charge in [-0.1, -0.05) is 338 Å². The van der Waals surface area contributed by atoms with E-state index in [2.05, 4.69) is 55.4 Å². The Morgan fingerprint density at radius 1 is 0.260 bits per heavy atom. The fraction of sp³-hybridized carbons (Fsp3) is 0.948. The SMILES string of the molecule is CC(C)CCCCCCCCCCCCCCCCCCCCC(=O)O[C@H](COC(=O)CCCCCCCCCCC(C)C)COP(=O)(O)OCC(O)COP(=O)(O)OC[C@@H](COC(=O)CCCCCCCCCCC(C)C)OC(=O)CCCCCCCCCCCCC(C)C. The van der Waals surface area contributed by atoms with Gasteiger partial charge in [0.2, 0.25) is 0 Å². The molecule has 17 nitrogen and oxygen atoms in total. The molecule has 0 aliphatic rings. The Balaban J connectivity index is 5.20. The molecule has 96 heavy (non-hydrogen) atoms. The van der Waals surface area contributed by atoms with Gasteiger partial charge < -0.3 is 33.8 Å². The van der Waals surface area contributed by atoms with Crippen LogP contribution in [0.5, 0.6) is 0 Å². The first-order chi connectivity index (χ1) is 46.1. The summed E-state index contributed by atoms with van der Waals surface area (Å²) in [7, 11) is -9.91. The molecule has 0 rings (SSSR count). The molecule has 0 radical (unpaired) electrons. The van der Waals surface area contributed by atoms with Gasteiger partial charge in [0.15, 0.2) is 12.2 Å². The number of hydrogen-bond acceptors (Lipinski definition) is 15. The lowest BCUT2D eigenvalue weighted by Crippen LogP contribution is -2.30. The summed E-state index contributed by atoms with van der Waals surface area (Å²) in [5.41, 5.74) is 0. The third-order valence-electron chi connectivity index (χ3n) is 17.8. The third-order valence-corrected chi connectivity index (χ3v) is 19.7. The van der Waals surface area contributed by atoms with Gasteiger partial charge in [0, 0.05) is 25.7 Å². The third kappa shape index (κ3) is 70.5. The first-order valence-corrected chi connectivity index (χ1v) is 42.7. The summed E-state index contributed by atoms with van der Waals surface area (Å²) in [6.07, 6.45) is 51.5. The number of aliphatic hydroxyl groups is 1. The summed E-state index contributed by atoms with van der Waals surface area (Å²) >= 11 is 0. The maximum atomic E-state index is 13.1. The standard InChI is InChI=1S/C77H150O17P2/c1-67(2)53-45-37-29-21-17-15-13-11-9-10-12-14-16-18-23-35-43-51-59-76(81)93-72(63-87-74(79)57-49-41-33-27-25-31-39-47-55-69(5)6)65-91-95(83,84)89-61-71(78)62-90-96(85,86)92-66-73(64-88-75(80)58-50-42-34-28-26-32-40-48-56-70(7)8)94-77(82)60-52-44-36-24-20-19-22-30-38-46-54-68(3)4/h67-73,78H,9-66H2,1-8H3,(H,83,84)(H,85,86)/t71?,72-,73-/m1/s1. The summed E-state index contributed by atoms with van der Waals surface area (Å²) < 4.78 is 68.5. The van der Waals surface area contributed by atoms with Crippen LogP contribution in [0.2, 0.25) is 0 Å². The predicted molar refractivity (Wildman–Crippen MR) is 391 cm³/mol. The highest BCUT2D eigenvalue weighted by Crippen LogP contribution is 2.45. The van der Waals surface area contributed by atoms with Gasteiger partial charge >= 0.3 is 39.5 Å². The van der Waals surface area contributed by atoms with Crippen LogP contribution in [0.25, 0.3) is 0 Å². The lowest BCUT2D eigenvalue weighted by Gasteiger charge is -2.21. The highest BCUT2D eigenvalue weighted by atomic mass is 31.2. The summed E-state index contributed by atoms with van der Waals surface area (Å²) in [6, 6.07) is 0. The Labute approximate surface area is 588 Å². The number of esters is 4. The second kappa shape index (κ2) is 66.3. The fourth-order valence-electron chi connectivity index (χ4n) is 11.7. The fourth-order valence-corrected chi connectivity index (χ4v) is 13.3. The summed E-state index contributed by atoms with van der Waals surface area (Å²) in [4.78, 5) is 72.8. The van der Waals surface area contributed by atoms with E-state index in [1.54, 1.807) is 0 Å². The van der Waals surface area contributed by atoms with Crippen LogP contribution in [0.1, 0.15) is 389 Å². The molecule has 570 valence electrons. The Hall–Kier alpha value is -1.94. The lowest BCUT2D eigenvalue weighted by molar-refractivity contribution is -0.161. The largest absolute Gasteiger partial charge is 0.472 e. The van der Waals surface area contributed by atoms with Crippen LogP contribution in [0, 0.1) is 23.7 Å². The molecule has 3 unspecified atom stereocenters. The van der Waals surface area contributed by atoms with Crippen LogP contribution >= 0.6 is 15.6 Å². The first-order valence-electron chi connectivity index (χ1n) is 39.7. The van der Waals surface area contributed by atoms with Gasteiger partial charge in [0.05, 0.1) is 26.4 Å². The van der Waals surface area contributed by atoms with Crippen molar-refractivity contribution >= 4 is 39.5 Å². The number of carbonyl (C=O) groups is 4. The minimum absolute atomic E-state index is 0.105. The Bertz CT molecular complexity index is 1880. The number of hydrogen-bond donors (Lipinski definition) is 3. The van der Waals surface area contributed by atoms with Gasteiger partial charge in [-0.2, -0.15) is 0 Å². The van der Waals surface area contributed by atoms with E-state index in [0.29, 0.717) is 25.7 Å². The molecule has 0 amide bonds. The molecule has 0 bridgehead atoms. The first kappa shape index (κ1) is 94.1. The molecule has 19 heteroatoms. The van der Waals surface area contributed by atoms with Crippen molar-refractivity contribution in [3.63, 3.8) is 0 Å². The average Bonchev–Trinajstić information content (AvgIpc) is 1.60. The van der Waals surface area contributed by atoms with Crippen molar-refractivity contribution < 1.29 is 80.2 Å². The molecule has 0 aromatic carbocycles. The van der Waals surface area contributed by atoms with E-state index in [-0.39, 0.29) is 25.7 Å². The van der Waals surface area contributed by atoms with Gasteiger partial charge in [-0.25, -0.2) is 9.13 Å². The average molecular weight is 1410 g/mol. The van der Waals surface area contributed by atoms with Crippen molar-refractivity contribution in [2.75, 3.05) is 39.6 Å². The normalized spacial score (nSPS) is 14.1. The van der Waals surface area contributed by atoms with Crippen LogP contribution < -0.4 is 0 Å². The lowest BCUT2D eigenvalue weighted by atomic mass is 10.0. The maximum absolute atomic E-state index is 13.1. The number of carbonyl (C=O) groups excluding carboxylic acids is 4. The predicted octanol–water partition coefficient (Wildman–Crippen LogP) is 22.4. The van der Waals surface area contributed by atoms with Gasteiger partial charge in [0.1, 0.15) is 19.3 Å². The molecule has 5 atom stereocenters. The van der Waals surface area contributed by atoms with E-state index in [4.69, 9.17) is 37.0 Å². The van der Waals surface area contributed by atoms with Crippen LogP contribution in [-0.2, 0) is 65.4 Å². The topological polar surface area (TPSA) is 237 Å². The van der Waals surface area contributed by atoms with Crippen LogP contribution in [0.3, 0.4) is 0 Å². The molecule has 0 spiro atoms. The second-order valence-corrected chi connectivity index (χ2v) is 32.6. The number of phosphoric ester groups is 2. The van der Waals surface area contributed by atoms with Crippen molar-refractivity contribution in [3.8, 4) is 0 Å². The van der Waals surface area contributed by atoms with Crippen LogP contribution in [0.4, 0.5) is 0 Å². The molecule has 0 aliphatic carbocycles. The molecule has 0 saturated heterocycles. The van der Waals surface area contributed by atoms with E-state index in [9.17, 15) is 43.2 Å². The molecule has 0 aromatic rings. The van der Waals surface area contributed by atoms with Gasteiger partial charge in [-0.15, -0.1) is 0 Å². The van der Waals surface area contributed by atoms with E-state index >= 15 is 0 Å². The molecular formula is C77H150O17P2. The monoisotopic (exact) mass is 1410 g/mol.